The van der Waals surface area contributed by atoms with Gasteiger partial charge in [-0.05, 0) is 23.8 Å². The van der Waals surface area contributed by atoms with Gasteiger partial charge >= 0.3 is 0 Å². The Labute approximate surface area is 88.0 Å². The van der Waals surface area contributed by atoms with E-state index in [9.17, 15) is 8.78 Å². The third kappa shape index (κ3) is 2.62. The highest BCUT2D eigenvalue weighted by atomic mass is 79.9. The number of nitrogens with two attached hydrogens (primary N) is 1. The Kier molecular flexibility index (Phi) is 3.64. The highest BCUT2D eigenvalue weighted by Crippen LogP contribution is 2.28. The van der Waals surface area contributed by atoms with Gasteiger partial charge in [-0.25, -0.2) is 8.78 Å². The third-order valence-corrected chi connectivity index (χ3v) is 2.43. The lowest BCUT2D eigenvalue weighted by Crippen LogP contribution is -2.19. The minimum absolute atomic E-state index is 0.256. The van der Waals surface area contributed by atoms with E-state index in [1.165, 1.54) is 12.1 Å². The number of benzene rings is 1. The smallest absolute Gasteiger partial charge is 0.257 e. The van der Waals surface area contributed by atoms with Crippen molar-refractivity contribution >= 4 is 27.5 Å². The van der Waals surface area contributed by atoms with Crippen LogP contribution in [-0.4, -0.2) is 6.43 Å². The van der Waals surface area contributed by atoms with E-state index >= 15 is 0 Å². The zero-order chi connectivity index (χ0) is 10.0. The van der Waals surface area contributed by atoms with Crippen molar-refractivity contribution in [3.8, 4) is 0 Å². The fourth-order valence-corrected chi connectivity index (χ4v) is 1.53. The molecule has 0 amide bonds. The monoisotopic (exact) mass is 269 g/mol. The molecule has 0 radical (unpaired) electrons. The van der Waals surface area contributed by atoms with E-state index in [1.54, 1.807) is 6.07 Å². The first-order chi connectivity index (χ1) is 6.02. The van der Waals surface area contributed by atoms with Crippen molar-refractivity contribution in [2.45, 2.75) is 12.5 Å². The number of hydrogen-bond acceptors (Lipinski definition) is 1. The average Bonchev–Trinajstić information content (AvgIpc) is 2.08. The van der Waals surface area contributed by atoms with E-state index < -0.39 is 12.5 Å². The topological polar surface area (TPSA) is 26.0 Å². The molecular weight excluding hydrogens is 263 g/mol. The minimum atomic E-state index is -2.60. The Morgan fingerprint density at radius 2 is 2.00 bits per heavy atom. The molecule has 72 valence electrons. The molecule has 0 saturated carbocycles. The summed E-state index contributed by atoms with van der Waals surface area (Å²) < 4.78 is 25.1. The third-order valence-electron chi connectivity index (χ3n) is 1.59. The average molecular weight is 271 g/mol. The molecule has 1 atom stereocenters. The predicted octanol–water partition coefficient (Wildman–Crippen LogP) is 3.37. The first-order valence-electron chi connectivity index (χ1n) is 3.51. The maximum absolute atomic E-state index is 12.2. The molecule has 0 unspecified atom stereocenters. The second kappa shape index (κ2) is 4.35. The summed E-state index contributed by atoms with van der Waals surface area (Å²) in [4.78, 5) is 0. The van der Waals surface area contributed by atoms with Gasteiger partial charge in [-0.15, -0.1) is 0 Å². The summed E-state index contributed by atoms with van der Waals surface area (Å²) in [6.45, 7) is 0. The van der Waals surface area contributed by atoms with Gasteiger partial charge in [0, 0.05) is 9.50 Å². The van der Waals surface area contributed by atoms with Crippen molar-refractivity contribution in [3.63, 3.8) is 0 Å². The Bertz CT molecular complexity index is 306. The van der Waals surface area contributed by atoms with Crippen molar-refractivity contribution < 1.29 is 8.78 Å². The summed E-state index contributed by atoms with van der Waals surface area (Å²) in [6, 6.07) is 3.37. The van der Waals surface area contributed by atoms with Gasteiger partial charge in [-0.1, -0.05) is 27.5 Å². The summed E-state index contributed by atoms with van der Waals surface area (Å²) in [5, 5.41) is 0.260. The summed E-state index contributed by atoms with van der Waals surface area (Å²) in [5.41, 5.74) is 5.51. The van der Waals surface area contributed by atoms with E-state index in [-0.39, 0.29) is 10.6 Å². The van der Waals surface area contributed by atoms with E-state index in [0.29, 0.717) is 4.47 Å². The van der Waals surface area contributed by atoms with Crippen LogP contribution < -0.4 is 5.73 Å². The second-order valence-electron chi connectivity index (χ2n) is 2.53. The van der Waals surface area contributed by atoms with Crippen LogP contribution in [-0.2, 0) is 0 Å². The molecule has 0 aliphatic heterocycles. The van der Waals surface area contributed by atoms with Crippen molar-refractivity contribution in [1.82, 2.24) is 0 Å². The molecule has 13 heavy (non-hydrogen) atoms. The summed E-state index contributed by atoms with van der Waals surface area (Å²) >= 11 is 8.86. The molecule has 0 spiro atoms. The van der Waals surface area contributed by atoms with E-state index in [0.717, 1.165) is 0 Å². The van der Waals surface area contributed by atoms with Crippen LogP contribution in [0.15, 0.2) is 22.7 Å². The first kappa shape index (κ1) is 10.9. The Morgan fingerprint density at radius 1 is 1.38 bits per heavy atom. The fraction of sp³-hybridized carbons (Fsp3) is 0.250. The summed E-state index contributed by atoms with van der Waals surface area (Å²) in [5.74, 6) is 0. The zero-order valence-electron chi connectivity index (χ0n) is 6.48. The van der Waals surface area contributed by atoms with Crippen LogP contribution in [0.5, 0.6) is 0 Å². The van der Waals surface area contributed by atoms with Gasteiger partial charge in [0.25, 0.3) is 6.43 Å². The van der Waals surface area contributed by atoms with Gasteiger partial charge < -0.3 is 5.73 Å². The molecule has 2 N–H and O–H groups in total. The molecule has 1 aromatic carbocycles. The Hall–Kier alpha value is -0.190. The van der Waals surface area contributed by atoms with Gasteiger partial charge in [0.15, 0.2) is 0 Å². The SMILES string of the molecule is N[C@@H](c1cc(Br)ccc1Cl)C(F)F. The number of alkyl halides is 2. The maximum Gasteiger partial charge on any atom is 0.257 e. The van der Waals surface area contributed by atoms with Gasteiger partial charge in [0.05, 0.1) is 6.04 Å². The zero-order valence-corrected chi connectivity index (χ0v) is 8.82. The predicted molar refractivity (Wildman–Crippen MR) is 52.1 cm³/mol. The largest absolute Gasteiger partial charge is 0.319 e. The minimum Gasteiger partial charge on any atom is -0.319 e. The first-order valence-corrected chi connectivity index (χ1v) is 4.68. The van der Waals surface area contributed by atoms with Gasteiger partial charge in [0.1, 0.15) is 0 Å². The van der Waals surface area contributed by atoms with Gasteiger partial charge in [-0.3, -0.25) is 0 Å². The van der Waals surface area contributed by atoms with Gasteiger partial charge in [0.2, 0.25) is 0 Å². The number of rotatable bonds is 2. The van der Waals surface area contributed by atoms with Crippen LogP contribution in [0.25, 0.3) is 0 Å². The van der Waals surface area contributed by atoms with Crippen LogP contribution in [0.2, 0.25) is 5.02 Å². The lowest BCUT2D eigenvalue weighted by atomic mass is 10.1. The van der Waals surface area contributed by atoms with E-state index in [2.05, 4.69) is 15.9 Å². The van der Waals surface area contributed by atoms with Crippen LogP contribution >= 0.6 is 27.5 Å². The molecule has 1 aromatic rings. The van der Waals surface area contributed by atoms with Crippen molar-refractivity contribution in [2.24, 2.45) is 5.73 Å². The molecule has 1 rings (SSSR count). The summed E-state index contributed by atoms with van der Waals surface area (Å²) in [7, 11) is 0. The molecule has 0 aliphatic carbocycles. The molecule has 0 aliphatic rings. The Balaban J connectivity index is 3.05. The molecule has 0 heterocycles. The molecule has 1 nitrogen and oxygen atoms in total. The standard InChI is InChI=1S/C8H7BrClF2N/c9-4-1-2-6(10)5(3-4)7(13)8(11)12/h1-3,7-8H,13H2/t7-/m0/s1. The van der Waals surface area contributed by atoms with E-state index in [1.807, 2.05) is 0 Å². The lowest BCUT2D eigenvalue weighted by molar-refractivity contribution is 0.116. The maximum atomic E-state index is 12.2. The van der Waals surface area contributed by atoms with Crippen LogP contribution in [0.1, 0.15) is 11.6 Å². The van der Waals surface area contributed by atoms with Crippen LogP contribution in [0, 0.1) is 0 Å². The Morgan fingerprint density at radius 3 is 2.54 bits per heavy atom. The molecule has 0 fully saturated rings. The van der Waals surface area contributed by atoms with Crippen molar-refractivity contribution in [2.75, 3.05) is 0 Å². The fourth-order valence-electron chi connectivity index (χ4n) is 0.906. The highest BCUT2D eigenvalue weighted by molar-refractivity contribution is 9.10. The molecular formula is C8H7BrClF2N. The van der Waals surface area contributed by atoms with E-state index in [4.69, 9.17) is 17.3 Å². The lowest BCUT2D eigenvalue weighted by Gasteiger charge is -2.12. The second-order valence-corrected chi connectivity index (χ2v) is 3.85. The van der Waals surface area contributed by atoms with Crippen LogP contribution in [0.3, 0.4) is 0 Å². The molecule has 0 bridgehead atoms. The van der Waals surface area contributed by atoms with Crippen molar-refractivity contribution in [3.05, 3.63) is 33.3 Å². The van der Waals surface area contributed by atoms with Crippen LogP contribution in [0.4, 0.5) is 8.78 Å². The number of hydrogen-bond donors (Lipinski definition) is 1. The summed E-state index contributed by atoms with van der Waals surface area (Å²) in [6.07, 6.45) is -2.60. The highest BCUT2D eigenvalue weighted by Gasteiger charge is 2.19. The molecule has 0 saturated heterocycles. The number of halogens is 4. The normalized spacial score (nSPS) is 13.4. The molecule has 5 heteroatoms. The van der Waals surface area contributed by atoms with Gasteiger partial charge in [-0.2, -0.15) is 0 Å². The quantitative estimate of drug-likeness (QED) is 0.876. The molecule has 0 aromatic heterocycles. The van der Waals surface area contributed by atoms with Crippen molar-refractivity contribution in [1.29, 1.82) is 0 Å².